The number of imide groups is 1. The molecule has 0 saturated carbocycles. The van der Waals surface area contributed by atoms with Crippen LogP contribution in [0, 0.1) is 0 Å². The lowest BCUT2D eigenvalue weighted by Gasteiger charge is -2.14. The summed E-state index contributed by atoms with van der Waals surface area (Å²) in [4.78, 5) is 26.5. The van der Waals surface area contributed by atoms with E-state index in [1.165, 1.54) is 0 Å². The van der Waals surface area contributed by atoms with Crippen molar-refractivity contribution in [1.82, 2.24) is 4.90 Å². The van der Waals surface area contributed by atoms with Gasteiger partial charge < -0.3 is 4.42 Å². The van der Waals surface area contributed by atoms with Crippen molar-refractivity contribution in [2.75, 3.05) is 0 Å². The topological polar surface area (TPSA) is 50.5 Å². The number of nitrogens with zero attached hydrogens (tertiary/aromatic N) is 1. The van der Waals surface area contributed by atoms with Crippen molar-refractivity contribution in [3.05, 3.63) is 85.3 Å². The van der Waals surface area contributed by atoms with Crippen LogP contribution in [0.3, 0.4) is 0 Å². The first-order valence-electron chi connectivity index (χ1n) is 8.46. The standard InChI is InChI=1S/C21H12BrCl2NO3S/c22-13-6-4-12(5-7-13)18-9-8-14(28-18)10-19-20(26)25(21(27)29-19)11-15-16(23)2-1-3-17(15)24/h1-10H,11H2/b19-10-. The van der Waals surface area contributed by atoms with E-state index in [0.29, 0.717) is 27.1 Å². The Morgan fingerprint density at radius 1 is 1.00 bits per heavy atom. The highest BCUT2D eigenvalue weighted by Crippen LogP contribution is 2.36. The van der Waals surface area contributed by atoms with E-state index in [9.17, 15) is 9.59 Å². The van der Waals surface area contributed by atoms with Gasteiger partial charge >= 0.3 is 0 Å². The number of amides is 2. The van der Waals surface area contributed by atoms with Gasteiger partial charge in [0, 0.05) is 31.7 Å². The highest BCUT2D eigenvalue weighted by Gasteiger charge is 2.36. The summed E-state index contributed by atoms with van der Waals surface area (Å²) >= 11 is 16.6. The van der Waals surface area contributed by atoms with Crippen LogP contribution in [0.25, 0.3) is 17.4 Å². The Labute approximate surface area is 189 Å². The fraction of sp³-hybridized carbons (Fsp3) is 0.0476. The lowest BCUT2D eigenvalue weighted by molar-refractivity contribution is -0.123. The van der Waals surface area contributed by atoms with E-state index in [1.54, 1.807) is 30.3 Å². The Morgan fingerprint density at radius 3 is 2.38 bits per heavy atom. The summed E-state index contributed by atoms with van der Waals surface area (Å²) in [6.07, 6.45) is 1.57. The third-order valence-electron chi connectivity index (χ3n) is 4.28. The number of hydrogen-bond donors (Lipinski definition) is 0. The molecule has 146 valence electrons. The molecular weight excluding hydrogens is 497 g/mol. The summed E-state index contributed by atoms with van der Waals surface area (Å²) in [5.74, 6) is 0.757. The van der Waals surface area contributed by atoms with Crippen molar-refractivity contribution in [3.8, 4) is 11.3 Å². The molecule has 8 heteroatoms. The third-order valence-corrected chi connectivity index (χ3v) is 6.42. The molecule has 0 atom stereocenters. The molecule has 2 aromatic carbocycles. The van der Waals surface area contributed by atoms with E-state index < -0.39 is 5.91 Å². The number of rotatable bonds is 4. The molecular formula is C21H12BrCl2NO3S. The second-order valence-electron chi connectivity index (χ2n) is 6.18. The molecule has 0 aliphatic carbocycles. The first-order valence-corrected chi connectivity index (χ1v) is 10.8. The van der Waals surface area contributed by atoms with Gasteiger partial charge in [0.15, 0.2) is 0 Å². The maximum atomic E-state index is 12.7. The molecule has 0 unspecified atom stereocenters. The molecule has 0 bridgehead atoms. The van der Waals surface area contributed by atoms with E-state index in [2.05, 4.69) is 15.9 Å². The Morgan fingerprint density at radius 2 is 1.69 bits per heavy atom. The molecule has 1 aromatic heterocycles. The quantitative estimate of drug-likeness (QED) is 0.348. The number of benzene rings is 2. The Hall–Kier alpha value is -1.99. The Kier molecular flexibility index (Phi) is 5.88. The van der Waals surface area contributed by atoms with Gasteiger partial charge in [0.05, 0.1) is 11.4 Å². The van der Waals surface area contributed by atoms with Crippen LogP contribution in [-0.2, 0) is 11.3 Å². The van der Waals surface area contributed by atoms with Gasteiger partial charge in [-0.2, -0.15) is 0 Å². The maximum absolute atomic E-state index is 12.7. The van der Waals surface area contributed by atoms with Crippen molar-refractivity contribution in [3.63, 3.8) is 0 Å². The van der Waals surface area contributed by atoms with Crippen molar-refractivity contribution in [2.24, 2.45) is 0 Å². The van der Waals surface area contributed by atoms with Gasteiger partial charge in [0.25, 0.3) is 11.1 Å². The van der Waals surface area contributed by atoms with Crippen LogP contribution in [0.5, 0.6) is 0 Å². The molecule has 0 radical (unpaired) electrons. The Balaban J connectivity index is 1.56. The fourth-order valence-electron chi connectivity index (χ4n) is 2.81. The second kappa shape index (κ2) is 8.40. The molecule has 0 spiro atoms. The molecule has 0 N–H and O–H groups in total. The predicted octanol–water partition coefficient (Wildman–Crippen LogP) is 7.25. The van der Waals surface area contributed by atoms with Gasteiger partial charge in [-0.3, -0.25) is 14.5 Å². The smallest absolute Gasteiger partial charge is 0.293 e. The average molecular weight is 509 g/mol. The zero-order valence-electron chi connectivity index (χ0n) is 14.7. The summed E-state index contributed by atoms with van der Waals surface area (Å²) in [5, 5.41) is 0.438. The summed E-state index contributed by atoms with van der Waals surface area (Å²) in [6.45, 7) is 0.0167. The van der Waals surface area contributed by atoms with Crippen LogP contribution >= 0.6 is 50.9 Å². The molecule has 29 heavy (non-hydrogen) atoms. The number of halogens is 3. The highest BCUT2D eigenvalue weighted by atomic mass is 79.9. The summed E-state index contributed by atoms with van der Waals surface area (Å²) in [6, 6.07) is 16.3. The van der Waals surface area contributed by atoms with E-state index >= 15 is 0 Å². The normalized spacial score (nSPS) is 15.6. The van der Waals surface area contributed by atoms with E-state index in [0.717, 1.165) is 26.7 Å². The number of carbonyl (C=O) groups is 2. The average Bonchev–Trinajstić information content (AvgIpc) is 3.25. The van der Waals surface area contributed by atoms with E-state index in [4.69, 9.17) is 27.6 Å². The van der Waals surface area contributed by atoms with E-state index in [-0.39, 0.29) is 16.7 Å². The minimum Gasteiger partial charge on any atom is -0.457 e. The molecule has 1 aliphatic heterocycles. The zero-order valence-corrected chi connectivity index (χ0v) is 18.6. The van der Waals surface area contributed by atoms with Crippen molar-refractivity contribution in [1.29, 1.82) is 0 Å². The lowest BCUT2D eigenvalue weighted by Crippen LogP contribution is -2.27. The van der Waals surface area contributed by atoms with Gasteiger partial charge in [-0.1, -0.05) is 57.3 Å². The molecule has 1 aliphatic rings. The van der Waals surface area contributed by atoms with Gasteiger partial charge in [0.2, 0.25) is 0 Å². The molecule has 4 nitrogen and oxygen atoms in total. The minimum absolute atomic E-state index is 0.0167. The van der Waals surface area contributed by atoms with Crippen LogP contribution in [-0.4, -0.2) is 16.0 Å². The van der Waals surface area contributed by atoms with Crippen molar-refractivity contribution in [2.45, 2.75) is 6.54 Å². The zero-order chi connectivity index (χ0) is 20.5. The SMILES string of the molecule is O=C1S/C(=C\c2ccc(-c3ccc(Br)cc3)o2)C(=O)N1Cc1c(Cl)cccc1Cl. The van der Waals surface area contributed by atoms with E-state index in [1.807, 2.05) is 30.3 Å². The monoisotopic (exact) mass is 507 g/mol. The predicted molar refractivity (Wildman–Crippen MR) is 120 cm³/mol. The first kappa shape index (κ1) is 20.3. The van der Waals surface area contributed by atoms with Crippen LogP contribution < -0.4 is 0 Å². The van der Waals surface area contributed by atoms with Crippen LogP contribution in [0.1, 0.15) is 11.3 Å². The number of carbonyl (C=O) groups excluding carboxylic acids is 2. The van der Waals surface area contributed by atoms with Crippen LogP contribution in [0.4, 0.5) is 4.79 Å². The molecule has 2 heterocycles. The number of thioether (sulfide) groups is 1. The fourth-order valence-corrected chi connectivity index (χ4v) is 4.41. The lowest BCUT2D eigenvalue weighted by atomic mass is 10.2. The van der Waals surface area contributed by atoms with Gasteiger partial charge in [-0.05, 0) is 48.2 Å². The largest absolute Gasteiger partial charge is 0.457 e. The Bertz CT molecular complexity index is 1120. The molecule has 4 rings (SSSR count). The molecule has 3 aromatic rings. The van der Waals surface area contributed by atoms with Crippen molar-refractivity contribution >= 4 is 68.1 Å². The first-order chi connectivity index (χ1) is 13.9. The second-order valence-corrected chi connectivity index (χ2v) is 8.90. The molecule has 2 amide bonds. The van der Waals surface area contributed by atoms with Crippen LogP contribution in [0.15, 0.2) is 68.4 Å². The van der Waals surface area contributed by atoms with Gasteiger partial charge in [0.1, 0.15) is 11.5 Å². The maximum Gasteiger partial charge on any atom is 0.293 e. The van der Waals surface area contributed by atoms with Crippen LogP contribution in [0.2, 0.25) is 10.0 Å². The molecule has 1 saturated heterocycles. The highest BCUT2D eigenvalue weighted by molar-refractivity contribution is 9.10. The van der Waals surface area contributed by atoms with Gasteiger partial charge in [-0.25, -0.2) is 0 Å². The number of hydrogen-bond acceptors (Lipinski definition) is 4. The third kappa shape index (κ3) is 4.31. The van der Waals surface area contributed by atoms with Gasteiger partial charge in [-0.15, -0.1) is 0 Å². The number of furan rings is 1. The summed E-state index contributed by atoms with van der Waals surface area (Å²) < 4.78 is 6.79. The summed E-state index contributed by atoms with van der Waals surface area (Å²) in [5.41, 5.74) is 1.45. The summed E-state index contributed by atoms with van der Waals surface area (Å²) in [7, 11) is 0. The van der Waals surface area contributed by atoms with Crippen molar-refractivity contribution < 1.29 is 14.0 Å². The molecule has 1 fully saturated rings. The minimum atomic E-state index is -0.405.